The van der Waals surface area contributed by atoms with Crippen molar-refractivity contribution in [3.05, 3.63) is 35.9 Å². The highest BCUT2D eigenvalue weighted by Gasteiger charge is 2.26. The molecule has 0 saturated heterocycles. The first kappa shape index (κ1) is 20.1. The van der Waals surface area contributed by atoms with Gasteiger partial charge in [-0.05, 0) is 11.0 Å². The molecule has 1 unspecified atom stereocenters. The van der Waals surface area contributed by atoms with E-state index in [9.17, 15) is 9.00 Å². The lowest BCUT2D eigenvalue weighted by molar-refractivity contribution is -0.124. The normalized spacial score (nSPS) is 13.9. The van der Waals surface area contributed by atoms with Crippen molar-refractivity contribution in [3.63, 3.8) is 0 Å². The second-order valence-electron chi connectivity index (χ2n) is 5.91. The summed E-state index contributed by atoms with van der Waals surface area (Å²) in [6.45, 7) is 6.16. The molecule has 1 aromatic carbocycles. The van der Waals surface area contributed by atoms with Gasteiger partial charge >= 0.3 is 0 Å². The molecule has 0 aromatic heterocycles. The number of rotatable bonds is 6. The van der Waals surface area contributed by atoms with E-state index in [4.69, 9.17) is 5.73 Å². The van der Waals surface area contributed by atoms with Gasteiger partial charge in [-0.2, -0.15) is 0 Å². The number of halogens is 1. The van der Waals surface area contributed by atoms with Crippen LogP contribution in [0.2, 0.25) is 0 Å². The van der Waals surface area contributed by atoms with Crippen molar-refractivity contribution in [2.75, 3.05) is 12.3 Å². The Morgan fingerprint density at radius 1 is 1.29 bits per heavy atom. The Bertz CT molecular complexity index is 460. The average Bonchev–Trinajstić information content (AvgIpc) is 2.37. The number of benzene rings is 1. The lowest BCUT2D eigenvalue weighted by Gasteiger charge is -2.25. The number of carbonyl (C=O) groups excluding carboxylic acids is 1. The molecule has 6 heteroatoms. The van der Waals surface area contributed by atoms with Crippen molar-refractivity contribution in [2.45, 2.75) is 32.6 Å². The lowest BCUT2D eigenvalue weighted by Crippen LogP contribution is -2.49. The monoisotopic (exact) mass is 332 g/mol. The van der Waals surface area contributed by atoms with Crippen molar-refractivity contribution >= 4 is 29.1 Å². The molecule has 0 radical (unpaired) electrons. The summed E-state index contributed by atoms with van der Waals surface area (Å²) in [6, 6.07) is 9.14. The Hall–Kier alpha value is -0.910. The van der Waals surface area contributed by atoms with Crippen LogP contribution in [-0.4, -0.2) is 28.5 Å². The summed E-state index contributed by atoms with van der Waals surface area (Å²) in [5, 5.41) is 2.75. The Balaban J connectivity index is 0.00000400. The van der Waals surface area contributed by atoms with E-state index in [1.54, 1.807) is 0 Å². The van der Waals surface area contributed by atoms with Gasteiger partial charge in [0, 0.05) is 28.9 Å². The van der Waals surface area contributed by atoms with E-state index >= 15 is 0 Å². The first-order valence-electron chi connectivity index (χ1n) is 6.73. The molecule has 0 saturated carbocycles. The number of nitrogens with one attached hydrogen (secondary N) is 1. The summed E-state index contributed by atoms with van der Waals surface area (Å²) in [6.07, 6.45) is 0. The van der Waals surface area contributed by atoms with Crippen molar-refractivity contribution in [3.8, 4) is 0 Å². The Kier molecular flexibility index (Phi) is 8.78. The molecular weight excluding hydrogens is 308 g/mol. The molecule has 1 amide bonds. The molecule has 4 nitrogen and oxygen atoms in total. The predicted octanol–water partition coefficient (Wildman–Crippen LogP) is 1.85. The highest BCUT2D eigenvalue weighted by molar-refractivity contribution is 7.84. The smallest absolute Gasteiger partial charge is 0.237 e. The molecule has 21 heavy (non-hydrogen) atoms. The third-order valence-electron chi connectivity index (χ3n) is 3.01. The summed E-state index contributed by atoms with van der Waals surface area (Å²) in [4.78, 5) is 11.8. The van der Waals surface area contributed by atoms with Crippen LogP contribution in [-0.2, 0) is 21.3 Å². The number of hydrogen-bond acceptors (Lipinski definition) is 3. The molecular formula is C15H25ClN2O2S. The van der Waals surface area contributed by atoms with E-state index in [1.165, 1.54) is 0 Å². The molecule has 0 fully saturated rings. The molecule has 0 aliphatic carbocycles. The zero-order valence-electron chi connectivity index (χ0n) is 12.8. The van der Waals surface area contributed by atoms with E-state index in [0.717, 1.165) is 5.56 Å². The van der Waals surface area contributed by atoms with Gasteiger partial charge in [0.1, 0.15) is 0 Å². The minimum atomic E-state index is -0.977. The number of hydrogen-bond donors (Lipinski definition) is 2. The fourth-order valence-corrected chi connectivity index (χ4v) is 2.66. The van der Waals surface area contributed by atoms with Crippen molar-refractivity contribution in [2.24, 2.45) is 11.1 Å². The highest BCUT2D eigenvalue weighted by Crippen LogP contribution is 2.16. The summed E-state index contributed by atoms with van der Waals surface area (Å²) in [5.74, 6) is 0.772. The van der Waals surface area contributed by atoms with E-state index in [1.807, 2.05) is 51.1 Å². The molecule has 0 bridgehead atoms. The molecule has 3 N–H and O–H groups in total. The Morgan fingerprint density at radius 3 is 2.38 bits per heavy atom. The maximum absolute atomic E-state index is 11.9. The van der Waals surface area contributed by atoms with E-state index in [2.05, 4.69) is 5.32 Å². The maximum Gasteiger partial charge on any atom is 0.237 e. The SMILES string of the molecule is CC(C)(C)[C@H](N)C(=O)NCCS(=O)Cc1ccccc1.Cl. The first-order chi connectivity index (χ1) is 9.30. The molecule has 120 valence electrons. The molecule has 0 heterocycles. The molecule has 1 rings (SSSR count). The standard InChI is InChI=1S/C15H24N2O2S.ClH/c1-15(2,3)13(16)14(18)17-9-10-20(19)11-12-7-5-4-6-8-12;/h4-8,13H,9-11,16H2,1-3H3,(H,17,18);1H/t13-,20?;/m1./s1. The fraction of sp³-hybridized carbons (Fsp3) is 0.533. The summed E-state index contributed by atoms with van der Waals surface area (Å²) in [7, 11) is -0.977. The van der Waals surface area contributed by atoms with Gasteiger partial charge in [0.25, 0.3) is 0 Å². The third-order valence-corrected chi connectivity index (χ3v) is 4.33. The van der Waals surface area contributed by atoms with Crippen LogP contribution in [0.25, 0.3) is 0 Å². The predicted molar refractivity (Wildman–Crippen MR) is 90.8 cm³/mol. The molecule has 1 aromatic rings. The second kappa shape index (κ2) is 9.18. The third kappa shape index (κ3) is 7.60. The van der Waals surface area contributed by atoms with Crippen molar-refractivity contribution in [1.82, 2.24) is 5.32 Å². The number of amides is 1. The Labute approximate surface area is 135 Å². The van der Waals surface area contributed by atoms with Crippen LogP contribution in [0.1, 0.15) is 26.3 Å². The van der Waals surface area contributed by atoms with E-state index in [0.29, 0.717) is 18.1 Å². The van der Waals surface area contributed by atoms with Gasteiger partial charge in [0.05, 0.1) is 6.04 Å². The van der Waals surface area contributed by atoms with Gasteiger partial charge in [0.2, 0.25) is 5.91 Å². The van der Waals surface area contributed by atoms with E-state index in [-0.39, 0.29) is 23.7 Å². The van der Waals surface area contributed by atoms with Crippen LogP contribution in [0, 0.1) is 5.41 Å². The first-order valence-corrected chi connectivity index (χ1v) is 8.21. The lowest BCUT2D eigenvalue weighted by atomic mass is 9.87. The second-order valence-corrected chi connectivity index (χ2v) is 7.49. The molecule has 0 spiro atoms. The molecule has 0 aliphatic heterocycles. The minimum absolute atomic E-state index is 0. The number of carbonyl (C=O) groups is 1. The largest absolute Gasteiger partial charge is 0.354 e. The van der Waals surface area contributed by atoms with Crippen LogP contribution in [0.15, 0.2) is 30.3 Å². The van der Waals surface area contributed by atoms with Gasteiger partial charge < -0.3 is 11.1 Å². The minimum Gasteiger partial charge on any atom is -0.354 e. The quantitative estimate of drug-likeness (QED) is 0.835. The van der Waals surface area contributed by atoms with Crippen LogP contribution in [0.4, 0.5) is 0 Å². The van der Waals surface area contributed by atoms with Crippen LogP contribution in [0.3, 0.4) is 0 Å². The maximum atomic E-state index is 11.9. The van der Waals surface area contributed by atoms with Crippen LogP contribution < -0.4 is 11.1 Å². The molecule has 0 aliphatic rings. The van der Waals surface area contributed by atoms with Crippen LogP contribution >= 0.6 is 12.4 Å². The van der Waals surface area contributed by atoms with Gasteiger partial charge in [-0.15, -0.1) is 12.4 Å². The van der Waals surface area contributed by atoms with Crippen molar-refractivity contribution in [1.29, 1.82) is 0 Å². The zero-order chi connectivity index (χ0) is 15.2. The fourth-order valence-electron chi connectivity index (χ4n) is 1.62. The topological polar surface area (TPSA) is 72.2 Å². The Morgan fingerprint density at radius 2 is 1.86 bits per heavy atom. The summed E-state index contributed by atoms with van der Waals surface area (Å²) < 4.78 is 11.9. The van der Waals surface area contributed by atoms with Crippen LogP contribution in [0.5, 0.6) is 0 Å². The summed E-state index contributed by atoms with van der Waals surface area (Å²) in [5.41, 5.74) is 6.62. The van der Waals surface area contributed by atoms with Gasteiger partial charge in [-0.25, -0.2) is 0 Å². The van der Waals surface area contributed by atoms with E-state index < -0.39 is 16.8 Å². The van der Waals surface area contributed by atoms with Gasteiger partial charge in [-0.3, -0.25) is 9.00 Å². The van der Waals surface area contributed by atoms with Gasteiger partial charge in [-0.1, -0.05) is 51.1 Å². The van der Waals surface area contributed by atoms with Crippen molar-refractivity contribution < 1.29 is 9.00 Å². The highest BCUT2D eigenvalue weighted by atomic mass is 35.5. The summed E-state index contributed by atoms with van der Waals surface area (Å²) >= 11 is 0. The molecule has 2 atom stereocenters. The van der Waals surface area contributed by atoms with Gasteiger partial charge in [0.15, 0.2) is 0 Å². The average molecular weight is 333 g/mol. The zero-order valence-corrected chi connectivity index (χ0v) is 14.4. The number of nitrogens with two attached hydrogens (primary N) is 1.